The third-order valence-electron chi connectivity index (χ3n) is 3.92. The van der Waals surface area contributed by atoms with Crippen molar-refractivity contribution in [3.05, 3.63) is 47.5 Å². The predicted molar refractivity (Wildman–Crippen MR) is 124 cm³/mol. The van der Waals surface area contributed by atoms with Gasteiger partial charge in [0.1, 0.15) is 11.5 Å². The molecule has 0 unspecified atom stereocenters. The van der Waals surface area contributed by atoms with Crippen LogP contribution in [0.5, 0.6) is 11.5 Å². The molecule has 0 bridgehead atoms. The zero-order valence-corrected chi connectivity index (χ0v) is 18.2. The highest BCUT2D eigenvalue weighted by molar-refractivity contribution is 5.91. The van der Waals surface area contributed by atoms with E-state index < -0.39 is 5.97 Å². The normalized spacial score (nSPS) is 9.16. The number of methoxy groups -OCH3 is 2. The number of aromatic carboxylic acids is 1. The number of hydrogen-bond donors (Lipinski definition) is 3. The van der Waals surface area contributed by atoms with Gasteiger partial charge in [0.2, 0.25) is 0 Å². The minimum atomic E-state index is -0.989. The molecule has 168 valence electrons. The molecular weight excluding hydrogens is 412 g/mol. The van der Waals surface area contributed by atoms with Gasteiger partial charge in [-0.05, 0) is 43.3 Å². The molecular formula is C24H26N2O6. The van der Waals surface area contributed by atoms with Gasteiger partial charge in [0.05, 0.1) is 56.4 Å². The number of ether oxygens (including phenoxy) is 3. The summed E-state index contributed by atoms with van der Waals surface area (Å²) in [6, 6.07) is 9.59. The van der Waals surface area contributed by atoms with Crippen LogP contribution in [0.1, 0.15) is 27.6 Å². The molecule has 0 aliphatic rings. The molecule has 0 atom stereocenters. The van der Waals surface area contributed by atoms with Crippen molar-refractivity contribution in [1.29, 1.82) is 0 Å². The fourth-order valence-corrected chi connectivity index (χ4v) is 2.44. The average Bonchev–Trinajstić information content (AvgIpc) is 2.81. The van der Waals surface area contributed by atoms with E-state index in [2.05, 4.69) is 22.5 Å². The largest absolute Gasteiger partial charge is 0.495 e. The third kappa shape index (κ3) is 7.85. The topological polar surface area (TPSA) is 106 Å². The van der Waals surface area contributed by atoms with Crippen LogP contribution in [-0.4, -0.2) is 51.0 Å². The number of rotatable bonds is 9. The zero-order valence-electron chi connectivity index (χ0n) is 18.2. The number of carbonyl (C=O) groups excluding carboxylic acids is 1. The molecule has 8 nitrogen and oxygen atoms in total. The molecule has 0 aliphatic heterocycles. The van der Waals surface area contributed by atoms with Crippen molar-refractivity contribution in [3.63, 3.8) is 0 Å². The summed E-state index contributed by atoms with van der Waals surface area (Å²) in [6.45, 7) is 2.87. The van der Waals surface area contributed by atoms with E-state index in [1.807, 2.05) is 0 Å². The first-order valence-corrected chi connectivity index (χ1v) is 9.52. The maximum atomic E-state index is 11.5. The Hall–Kier alpha value is -4.30. The highest BCUT2D eigenvalue weighted by Gasteiger charge is 2.10. The predicted octanol–water partition coefficient (Wildman–Crippen LogP) is 3.36. The van der Waals surface area contributed by atoms with E-state index in [-0.39, 0.29) is 11.5 Å². The number of terminal acetylenes is 2. The van der Waals surface area contributed by atoms with Crippen LogP contribution in [0.25, 0.3) is 0 Å². The summed E-state index contributed by atoms with van der Waals surface area (Å²) in [6.07, 6.45) is 10.3. The lowest BCUT2D eigenvalue weighted by molar-refractivity contribution is 0.0525. The summed E-state index contributed by atoms with van der Waals surface area (Å²) in [5, 5.41) is 14.7. The van der Waals surface area contributed by atoms with Gasteiger partial charge in [0, 0.05) is 0 Å². The van der Waals surface area contributed by atoms with Crippen molar-refractivity contribution in [1.82, 2.24) is 0 Å². The van der Waals surface area contributed by atoms with Crippen LogP contribution < -0.4 is 20.1 Å². The molecule has 2 aromatic carbocycles. The Morgan fingerprint density at radius 2 is 1.38 bits per heavy atom. The van der Waals surface area contributed by atoms with E-state index in [0.717, 1.165) is 5.69 Å². The second kappa shape index (κ2) is 13.8. The fraction of sp³-hybridized carbons (Fsp3) is 0.250. The van der Waals surface area contributed by atoms with Crippen LogP contribution in [0.3, 0.4) is 0 Å². The molecule has 0 spiro atoms. The second-order valence-corrected chi connectivity index (χ2v) is 5.97. The Labute approximate surface area is 187 Å². The molecule has 0 radical (unpaired) electrons. The first-order chi connectivity index (χ1) is 15.4. The van der Waals surface area contributed by atoms with Gasteiger partial charge in [-0.15, -0.1) is 12.8 Å². The van der Waals surface area contributed by atoms with Crippen LogP contribution in [0.2, 0.25) is 0 Å². The van der Waals surface area contributed by atoms with Gasteiger partial charge in [-0.3, -0.25) is 0 Å². The van der Waals surface area contributed by atoms with Gasteiger partial charge in [0.15, 0.2) is 0 Å². The highest BCUT2D eigenvalue weighted by Crippen LogP contribution is 2.26. The molecule has 0 saturated heterocycles. The Kier molecular flexibility index (Phi) is 11.1. The lowest BCUT2D eigenvalue weighted by Crippen LogP contribution is -2.06. The van der Waals surface area contributed by atoms with E-state index in [0.29, 0.717) is 42.4 Å². The van der Waals surface area contributed by atoms with Crippen molar-refractivity contribution in [2.75, 3.05) is 44.5 Å². The van der Waals surface area contributed by atoms with Crippen molar-refractivity contribution in [2.24, 2.45) is 0 Å². The van der Waals surface area contributed by atoms with Gasteiger partial charge >= 0.3 is 11.9 Å². The van der Waals surface area contributed by atoms with E-state index in [4.69, 9.17) is 32.2 Å². The highest BCUT2D eigenvalue weighted by atomic mass is 16.5. The zero-order chi connectivity index (χ0) is 23.9. The van der Waals surface area contributed by atoms with Crippen molar-refractivity contribution in [3.8, 4) is 36.2 Å². The molecule has 2 rings (SSSR count). The van der Waals surface area contributed by atoms with Crippen molar-refractivity contribution >= 4 is 23.3 Å². The van der Waals surface area contributed by atoms with Crippen LogP contribution >= 0.6 is 0 Å². The molecule has 8 heteroatoms. The van der Waals surface area contributed by atoms with Gasteiger partial charge in [0.25, 0.3) is 0 Å². The molecule has 3 N–H and O–H groups in total. The van der Waals surface area contributed by atoms with Gasteiger partial charge in [-0.25, -0.2) is 9.59 Å². The molecule has 0 fully saturated rings. The van der Waals surface area contributed by atoms with Gasteiger partial charge in [-0.1, -0.05) is 11.8 Å². The molecule has 0 amide bonds. The van der Waals surface area contributed by atoms with Gasteiger partial charge in [-0.2, -0.15) is 0 Å². The van der Waals surface area contributed by atoms with E-state index >= 15 is 0 Å². The quantitative estimate of drug-likeness (QED) is 0.404. The number of hydrogen-bond acceptors (Lipinski definition) is 7. The maximum Gasteiger partial charge on any atom is 0.338 e. The summed E-state index contributed by atoms with van der Waals surface area (Å²) >= 11 is 0. The van der Waals surface area contributed by atoms with Crippen molar-refractivity contribution < 1.29 is 28.9 Å². The summed E-state index contributed by atoms with van der Waals surface area (Å²) in [5.74, 6) is 4.56. The SMILES string of the molecule is C#CCNc1ccc(C(=O)O)cc1OC.C#CCNc1ccc(C(=O)OCC)cc1OC. The summed E-state index contributed by atoms with van der Waals surface area (Å²) < 4.78 is 15.1. The lowest BCUT2D eigenvalue weighted by Gasteiger charge is -2.10. The Bertz CT molecular complexity index is 1000. The monoisotopic (exact) mass is 438 g/mol. The number of anilines is 2. The smallest absolute Gasteiger partial charge is 0.338 e. The van der Waals surface area contributed by atoms with E-state index in [9.17, 15) is 9.59 Å². The number of carbonyl (C=O) groups is 2. The number of esters is 1. The minimum absolute atomic E-state index is 0.179. The standard InChI is InChI=1S/C13H15NO3.C11H11NO3/c1-4-8-14-11-7-6-10(9-12(11)16-3)13(15)17-5-2;1-3-6-12-9-5-4-8(11(13)14)7-10(9)15-2/h1,6-7,9,14H,5,8H2,2-3H3;1,4-5,7,12H,6H2,2H3,(H,13,14). The Balaban J connectivity index is 0.000000323. The Morgan fingerprint density at radius 1 is 0.906 bits per heavy atom. The van der Waals surface area contributed by atoms with Gasteiger partial charge < -0.3 is 30.0 Å². The Morgan fingerprint density at radius 3 is 1.78 bits per heavy atom. The number of carboxylic acids is 1. The van der Waals surface area contributed by atoms with E-state index in [1.54, 1.807) is 31.2 Å². The van der Waals surface area contributed by atoms with Crippen LogP contribution in [0.4, 0.5) is 11.4 Å². The molecule has 2 aromatic rings. The number of benzene rings is 2. The summed E-state index contributed by atoms with van der Waals surface area (Å²) in [7, 11) is 3.01. The van der Waals surface area contributed by atoms with Crippen LogP contribution in [0, 0.1) is 24.7 Å². The average molecular weight is 438 g/mol. The van der Waals surface area contributed by atoms with E-state index in [1.165, 1.54) is 26.4 Å². The lowest BCUT2D eigenvalue weighted by atomic mass is 10.2. The second-order valence-electron chi connectivity index (χ2n) is 5.97. The number of nitrogens with one attached hydrogen (secondary N) is 2. The summed E-state index contributed by atoms with van der Waals surface area (Å²) in [5.41, 5.74) is 2.06. The first kappa shape index (κ1) is 25.7. The van der Waals surface area contributed by atoms with Crippen LogP contribution in [-0.2, 0) is 4.74 Å². The molecule has 0 aromatic heterocycles. The molecule has 0 aliphatic carbocycles. The molecule has 32 heavy (non-hydrogen) atoms. The first-order valence-electron chi connectivity index (χ1n) is 9.52. The molecule has 0 heterocycles. The van der Waals surface area contributed by atoms with Crippen molar-refractivity contribution in [2.45, 2.75) is 6.92 Å². The fourth-order valence-electron chi connectivity index (χ4n) is 2.44. The number of carboxylic acid groups (broad SMARTS) is 1. The summed E-state index contributed by atoms with van der Waals surface area (Å²) in [4.78, 5) is 22.2. The minimum Gasteiger partial charge on any atom is -0.495 e. The maximum absolute atomic E-state index is 11.5. The third-order valence-corrected chi connectivity index (χ3v) is 3.92. The molecule has 0 saturated carbocycles. The van der Waals surface area contributed by atoms with Crippen LogP contribution in [0.15, 0.2) is 36.4 Å².